The van der Waals surface area contributed by atoms with Crippen molar-refractivity contribution in [2.45, 2.75) is 31.8 Å². The van der Waals surface area contributed by atoms with Crippen LogP contribution in [0.3, 0.4) is 0 Å². The van der Waals surface area contributed by atoms with Crippen LogP contribution in [0.25, 0.3) is 0 Å². The van der Waals surface area contributed by atoms with Gasteiger partial charge in [-0.2, -0.15) is 0 Å². The molecule has 2 aromatic rings. The SMILES string of the molecule is CC(=O)N[C@@H](c1ccccc1)C(c1ccc(O)c(O)c1)[N+]1(C)CCCC1. The van der Waals surface area contributed by atoms with Gasteiger partial charge in [0.15, 0.2) is 11.5 Å². The number of benzene rings is 2. The van der Waals surface area contributed by atoms with Gasteiger partial charge in [-0.3, -0.25) is 4.79 Å². The topological polar surface area (TPSA) is 69.6 Å². The molecule has 0 aliphatic carbocycles. The highest BCUT2D eigenvalue weighted by atomic mass is 16.3. The molecule has 0 saturated carbocycles. The van der Waals surface area contributed by atoms with Crippen molar-refractivity contribution in [3.63, 3.8) is 0 Å². The fourth-order valence-electron chi connectivity index (χ4n) is 4.20. The van der Waals surface area contributed by atoms with Crippen LogP contribution in [0.1, 0.15) is 43.0 Å². The lowest BCUT2D eigenvalue weighted by Gasteiger charge is -2.42. The fourth-order valence-corrected chi connectivity index (χ4v) is 4.20. The molecule has 26 heavy (non-hydrogen) atoms. The van der Waals surface area contributed by atoms with E-state index in [0.717, 1.165) is 41.5 Å². The maximum Gasteiger partial charge on any atom is 0.217 e. The van der Waals surface area contributed by atoms with Crippen LogP contribution in [0.4, 0.5) is 0 Å². The molecule has 138 valence electrons. The molecule has 1 saturated heterocycles. The van der Waals surface area contributed by atoms with Gasteiger partial charge in [-0.25, -0.2) is 0 Å². The van der Waals surface area contributed by atoms with Gasteiger partial charge in [0.05, 0.1) is 20.1 Å². The van der Waals surface area contributed by atoms with Crippen molar-refractivity contribution in [3.05, 3.63) is 59.7 Å². The maximum absolute atomic E-state index is 12.0. The minimum absolute atomic E-state index is 0.0599. The van der Waals surface area contributed by atoms with Gasteiger partial charge in [0.1, 0.15) is 12.1 Å². The predicted molar refractivity (Wildman–Crippen MR) is 101 cm³/mol. The van der Waals surface area contributed by atoms with Crippen LogP contribution in [0.2, 0.25) is 0 Å². The van der Waals surface area contributed by atoms with Crippen LogP contribution < -0.4 is 5.32 Å². The number of amides is 1. The first-order chi connectivity index (χ1) is 12.4. The lowest BCUT2D eigenvalue weighted by molar-refractivity contribution is -0.930. The highest BCUT2D eigenvalue weighted by Gasteiger charge is 2.43. The number of hydrogen-bond donors (Lipinski definition) is 3. The summed E-state index contributed by atoms with van der Waals surface area (Å²) in [6.07, 6.45) is 2.28. The van der Waals surface area contributed by atoms with E-state index in [9.17, 15) is 15.0 Å². The molecule has 1 amide bonds. The van der Waals surface area contributed by atoms with Crippen molar-refractivity contribution < 1.29 is 19.5 Å². The number of carbonyl (C=O) groups is 1. The first kappa shape index (κ1) is 18.3. The summed E-state index contributed by atoms with van der Waals surface area (Å²) in [6, 6.07) is 14.7. The molecule has 0 radical (unpaired) electrons. The van der Waals surface area contributed by atoms with E-state index in [1.165, 1.54) is 13.0 Å². The van der Waals surface area contributed by atoms with Gasteiger partial charge in [-0.1, -0.05) is 30.3 Å². The van der Waals surface area contributed by atoms with Crippen LogP contribution in [-0.4, -0.2) is 40.7 Å². The smallest absolute Gasteiger partial charge is 0.217 e. The zero-order valence-electron chi connectivity index (χ0n) is 15.4. The first-order valence-corrected chi connectivity index (χ1v) is 9.09. The molecule has 3 rings (SSSR count). The third-order valence-corrected chi connectivity index (χ3v) is 5.43. The Hall–Kier alpha value is -2.53. The Balaban J connectivity index is 2.13. The molecular formula is C21H27N2O3+. The van der Waals surface area contributed by atoms with E-state index in [4.69, 9.17) is 0 Å². The summed E-state index contributed by atoms with van der Waals surface area (Å²) in [5.41, 5.74) is 1.94. The summed E-state index contributed by atoms with van der Waals surface area (Å²) in [4.78, 5) is 12.0. The second-order valence-electron chi connectivity index (χ2n) is 7.42. The number of likely N-dealkylation sites (tertiary alicyclic amines) is 1. The monoisotopic (exact) mass is 355 g/mol. The van der Waals surface area contributed by atoms with Crippen LogP contribution >= 0.6 is 0 Å². The Labute approximate surface area is 154 Å². The number of phenols is 2. The molecule has 5 heteroatoms. The Morgan fingerprint density at radius 1 is 1.00 bits per heavy atom. The average molecular weight is 355 g/mol. The van der Waals surface area contributed by atoms with Gasteiger partial charge in [0.25, 0.3) is 0 Å². The number of hydrogen-bond acceptors (Lipinski definition) is 3. The largest absolute Gasteiger partial charge is 0.504 e. The number of nitrogens with one attached hydrogen (secondary N) is 1. The average Bonchev–Trinajstić information content (AvgIpc) is 3.05. The van der Waals surface area contributed by atoms with Crippen LogP contribution in [0.15, 0.2) is 48.5 Å². The van der Waals surface area contributed by atoms with Gasteiger partial charge in [-0.05, 0) is 23.8 Å². The van der Waals surface area contributed by atoms with Crippen molar-refractivity contribution in [1.82, 2.24) is 5.32 Å². The first-order valence-electron chi connectivity index (χ1n) is 9.09. The molecule has 0 spiro atoms. The van der Waals surface area contributed by atoms with E-state index in [1.807, 2.05) is 36.4 Å². The molecule has 1 unspecified atom stereocenters. The molecule has 1 fully saturated rings. The van der Waals surface area contributed by atoms with Gasteiger partial charge in [-0.15, -0.1) is 0 Å². The number of phenolic OH excluding ortho intramolecular Hbond substituents is 2. The molecule has 0 aromatic heterocycles. The highest BCUT2D eigenvalue weighted by molar-refractivity contribution is 5.73. The number of likely N-dealkylation sites (N-methyl/N-ethyl adjacent to an activating group) is 1. The lowest BCUT2D eigenvalue weighted by Crippen LogP contribution is -2.50. The lowest BCUT2D eigenvalue weighted by atomic mass is 9.90. The molecular weight excluding hydrogens is 328 g/mol. The molecule has 2 aromatic carbocycles. The number of nitrogens with zero attached hydrogens (tertiary/aromatic N) is 1. The number of quaternary nitrogens is 1. The number of carbonyl (C=O) groups excluding carboxylic acids is 1. The van der Waals surface area contributed by atoms with Crippen molar-refractivity contribution >= 4 is 5.91 Å². The molecule has 1 aliphatic heterocycles. The van der Waals surface area contributed by atoms with Gasteiger partial charge >= 0.3 is 0 Å². The summed E-state index contributed by atoms with van der Waals surface area (Å²) in [7, 11) is 2.21. The van der Waals surface area contributed by atoms with Gasteiger partial charge in [0, 0.05) is 25.3 Å². The summed E-state index contributed by atoms with van der Waals surface area (Å²) in [5, 5.41) is 22.9. The van der Waals surface area contributed by atoms with Crippen LogP contribution in [0, 0.1) is 0 Å². The van der Waals surface area contributed by atoms with Crippen molar-refractivity contribution in [2.24, 2.45) is 0 Å². The molecule has 3 N–H and O–H groups in total. The summed E-state index contributed by atoms with van der Waals surface area (Å²) >= 11 is 0. The molecule has 1 heterocycles. The van der Waals surface area contributed by atoms with E-state index >= 15 is 0 Å². The van der Waals surface area contributed by atoms with Gasteiger partial charge < -0.3 is 20.0 Å². The Bertz CT molecular complexity index is 770. The molecule has 1 aliphatic rings. The van der Waals surface area contributed by atoms with Crippen molar-refractivity contribution in [1.29, 1.82) is 0 Å². The van der Waals surface area contributed by atoms with Crippen molar-refractivity contribution in [3.8, 4) is 11.5 Å². The minimum atomic E-state index is -0.222. The van der Waals surface area contributed by atoms with E-state index < -0.39 is 0 Å². The van der Waals surface area contributed by atoms with Crippen molar-refractivity contribution in [2.75, 3.05) is 20.1 Å². The van der Waals surface area contributed by atoms with Gasteiger partial charge in [0.2, 0.25) is 5.91 Å². The van der Waals surface area contributed by atoms with E-state index in [-0.39, 0.29) is 29.5 Å². The Kier molecular flexibility index (Phi) is 5.18. The summed E-state index contributed by atoms with van der Waals surface area (Å²) in [5.74, 6) is -0.349. The third-order valence-electron chi connectivity index (χ3n) is 5.43. The Morgan fingerprint density at radius 2 is 1.65 bits per heavy atom. The molecule has 2 atom stereocenters. The standard InChI is InChI=1S/C21H26N2O3/c1-15(24)22-20(16-8-4-3-5-9-16)21(23(2)12-6-7-13-23)17-10-11-18(25)19(26)14-17/h3-5,8-11,14,20-21H,6-7,12-13H2,1-2H3,(H2-,22,24,25,26)/p+1/t20-,21?/m0/s1. The van der Waals surface area contributed by atoms with E-state index in [0.29, 0.717) is 0 Å². The Morgan fingerprint density at radius 3 is 2.23 bits per heavy atom. The van der Waals surface area contributed by atoms with Crippen LogP contribution in [-0.2, 0) is 4.79 Å². The van der Waals surface area contributed by atoms with E-state index in [1.54, 1.807) is 6.07 Å². The normalized spacial score (nSPS) is 18.2. The fraction of sp³-hybridized carbons (Fsp3) is 0.381. The number of aromatic hydroxyl groups is 2. The number of rotatable bonds is 5. The molecule has 0 bridgehead atoms. The summed E-state index contributed by atoms with van der Waals surface area (Å²) in [6.45, 7) is 3.55. The van der Waals surface area contributed by atoms with E-state index in [2.05, 4.69) is 12.4 Å². The second kappa shape index (κ2) is 7.38. The summed E-state index contributed by atoms with van der Waals surface area (Å²) < 4.78 is 0.782. The second-order valence-corrected chi connectivity index (χ2v) is 7.42. The zero-order chi connectivity index (χ0) is 18.7. The minimum Gasteiger partial charge on any atom is -0.504 e. The quantitative estimate of drug-likeness (QED) is 0.570. The third kappa shape index (κ3) is 3.68. The maximum atomic E-state index is 12.0. The molecule has 5 nitrogen and oxygen atoms in total. The zero-order valence-corrected chi connectivity index (χ0v) is 15.4. The predicted octanol–water partition coefficient (Wildman–Crippen LogP) is 3.26. The highest BCUT2D eigenvalue weighted by Crippen LogP contribution is 2.43. The van der Waals surface area contributed by atoms with Crippen LogP contribution in [0.5, 0.6) is 11.5 Å².